The molecular weight excluding hydrogens is 514 g/mol. The molecule has 2 aromatic carbocycles. The number of nitrogens with one attached hydrogen (secondary N) is 1. The Morgan fingerprint density at radius 1 is 0.971 bits per heavy atom. The molecule has 0 saturated heterocycles. The minimum Gasteiger partial charge on any atom is -0.497 e. The van der Waals surface area contributed by atoms with Crippen molar-refractivity contribution in [2.75, 3.05) is 12.4 Å². The van der Waals surface area contributed by atoms with Gasteiger partial charge in [0.1, 0.15) is 11.6 Å². The average Bonchev–Trinajstić information content (AvgIpc) is 3.45. The van der Waals surface area contributed by atoms with Gasteiger partial charge in [-0.15, -0.1) is 5.10 Å². The Morgan fingerprint density at radius 2 is 1.74 bits per heavy atom. The van der Waals surface area contributed by atoms with E-state index in [-0.39, 0.29) is 0 Å². The van der Waals surface area contributed by atoms with Crippen molar-refractivity contribution >= 4 is 45.1 Å². The third kappa shape index (κ3) is 5.23. The molecule has 3 aromatic heterocycles. The zero-order valence-electron chi connectivity index (χ0n) is 18.6. The molecule has 3 heterocycles. The van der Waals surface area contributed by atoms with Crippen molar-refractivity contribution in [3.05, 3.63) is 88.2 Å². The molecule has 0 spiro atoms. The molecule has 0 aliphatic carbocycles. The number of halogens is 1. The predicted octanol–water partition coefficient (Wildman–Crippen LogP) is 5.48. The minimum atomic E-state index is 0.554. The number of benzene rings is 2. The van der Waals surface area contributed by atoms with Gasteiger partial charge in [0, 0.05) is 34.2 Å². The number of fused-ring (bicyclic) bond motifs is 1. The molecule has 10 heteroatoms. The fourth-order valence-electron chi connectivity index (χ4n) is 3.41. The van der Waals surface area contributed by atoms with Crippen LogP contribution in [0.4, 0.5) is 11.6 Å². The van der Waals surface area contributed by atoms with E-state index < -0.39 is 0 Å². The maximum absolute atomic E-state index is 5.22. The van der Waals surface area contributed by atoms with Crippen LogP contribution in [-0.2, 0) is 12.3 Å². The van der Waals surface area contributed by atoms with Crippen LogP contribution in [0.25, 0.3) is 5.78 Å². The Kier molecular flexibility index (Phi) is 6.50. The number of rotatable bonds is 8. The number of aryl methyl sites for hydroxylation is 1. The lowest BCUT2D eigenvalue weighted by Crippen LogP contribution is -2.05. The van der Waals surface area contributed by atoms with Gasteiger partial charge in [-0.2, -0.15) is 14.6 Å². The highest BCUT2D eigenvalue weighted by molar-refractivity contribution is 9.10. The van der Waals surface area contributed by atoms with Crippen LogP contribution in [0.5, 0.6) is 5.75 Å². The standard InChI is InChI=1S/C24H22BrN7OS/c1-16-13-22(27-21-11-12-31(29-21)14-17-5-9-20(33-2)10-6-17)32-23(26-16)28-24(30-32)34-15-18-3-7-19(25)8-4-18/h3-13H,14-15H2,1-2H3,(H,27,29). The zero-order chi connectivity index (χ0) is 23.5. The second-order valence-corrected chi connectivity index (χ2v) is 9.53. The summed E-state index contributed by atoms with van der Waals surface area (Å²) < 4.78 is 9.89. The van der Waals surface area contributed by atoms with Crippen molar-refractivity contribution in [3.8, 4) is 5.75 Å². The van der Waals surface area contributed by atoms with Gasteiger partial charge in [0.2, 0.25) is 5.16 Å². The Balaban J connectivity index is 1.31. The van der Waals surface area contributed by atoms with Crippen molar-refractivity contribution in [1.82, 2.24) is 29.4 Å². The van der Waals surface area contributed by atoms with Crippen LogP contribution in [0.2, 0.25) is 0 Å². The van der Waals surface area contributed by atoms with E-state index in [0.717, 1.165) is 38.9 Å². The third-order valence-electron chi connectivity index (χ3n) is 5.10. The Morgan fingerprint density at radius 3 is 2.50 bits per heavy atom. The largest absolute Gasteiger partial charge is 0.497 e. The molecule has 1 N–H and O–H groups in total. The van der Waals surface area contributed by atoms with Crippen molar-refractivity contribution in [3.63, 3.8) is 0 Å². The summed E-state index contributed by atoms with van der Waals surface area (Å²) in [6, 6.07) is 20.1. The normalized spacial score (nSPS) is 11.1. The summed E-state index contributed by atoms with van der Waals surface area (Å²) in [4.78, 5) is 9.14. The van der Waals surface area contributed by atoms with Crippen LogP contribution in [0, 0.1) is 6.92 Å². The van der Waals surface area contributed by atoms with Gasteiger partial charge in [-0.3, -0.25) is 4.68 Å². The lowest BCUT2D eigenvalue weighted by Gasteiger charge is -2.06. The highest BCUT2D eigenvalue weighted by Crippen LogP contribution is 2.24. The van der Waals surface area contributed by atoms with E-state index in [1.165, 1.54) is 5.56 Å². The molecule has 0 aliphatic rings. The lowest BCUT2D eigenvalue weighted by atomic mass is 10.2. The van der Waals surface area contributed by atoms with Crippen molar-refractivity contribution in [1.29, 1.82) is 0 Å². The zero-order valence-corrected chi connectivity index (χ0v) is 21.0. The van der Waals surface area contributed by atoms with Gasteiger partial charge < -0.3 is 10.1 Å². The number of anilines is 2. The van der Waals surface area contributed by atoms with E-state index in [2.05, 4.69) is 53.5 Å². The van der Waals surface area contributed by atoms with Gasteiger partial charge in [0.15, 0.2) is 5.82 Å². The van der Waals surface area contributed by atoms with Crippen LogP contribution in [0.1, 0.15) is 16.8 Å². The summed E-state index contributed by atoms with van der Waals surface area (Å²) in [5.74, 6) is 3.66. The summed E-state index contributed by atoms with van der Waals surface area (Å²) in [7, 11) is 1.66. The average molecular weight is 536 g/mol. The van der Waals surface area contributed by atoms with Gasteiger partial charge in [-0.25, -0.2) is 4.98 Å². The highest BCUT2D eigenvalue weighted by atomic mass is 79.9. The molecule has 0 unspecified atom stereocenters. The Bertz CT molecular complexity index is 1410. The first-order valence-electron chi connectivity index (χ1n) is 10.6. The SMILES string of the molecule is COc1ccc(Cn2ccc(Nc3cc(C)nc4nc(SCc5ccc(Br)cc5)nn34)n2)cc1. The van der Waals surface area contributed by atoms with E-state index in [1.54, 1.807) is 23.4 Å². The maximum atomic E-state index is 5.22. The smallest absolute Gasteiger partial charge is 0.255 e. The van der Waals surface area contributed by atoms with Gasteiger partial charge in [-0.05, 0) is 42.3 Å². The highest BCUT2D eigenvalue weighted by Gasteiger charge is 2.12. The topological polar surface area (TPSA) is 82.2 Å². The van der Waals surface area contributed by atoms with Crippen LogP contribution in [0.15, 0.2) is 76.5 Å². The summed E-state index contributed by atoms with van der Waals surface area (Å²) in [6.07, 6.45) is 1.94. The Hall–Kier alpha value is -3.37. The molecule has 8 nitrogen and oxygen atoms in total. The van der Waals surface area contributed by atoms with E-state index >= 15 is 0 Å². The third-order valence-corrected chi connectivity index (χ3v) is 6.54. The lowest BCUT2D eigenvalue weighted by molar-refractivity contribution is 0.414. The molecule has 0 amide bonds. The molecule has 5 rings (SSSR count). The van der Waals surface area contributed by atoms with Crippen molar-refractivity contribution < 1.29 is 4.74 Å². The maximum Gasteiger partial charge on any atom is 0.255 e. The number of aromatic nitrogens is 6. The summed E-state index contributed by atoms with van der Waals surface area (Å²) >= 11 is 5.05. The number of ether oxygens (including phenoxy) is 1. The Labute approximate surface area is 209 Å². The van der Waals surface area contributed by atoms with E-state index in [0.29, 0.717) is 17.5 Å². The number of nitrogens with zero attached hydrogens (tertiary/aromatic N) is 6. The van der Waals surface area contributed by atoms with E-state index in [1.807, 2.05) is 66.3 Å². The summed E-state index contributed by atoms with van der Waals surface area (Å²) in [6.45, 7) is 2.60. The summed E-state index contributed by atoms with van der Waals surface area (Å²) in [5, 5.41) is 13.3. The number of thioether (sulfide) groups is 1. The molecule has 34 heavy (non-hydrogen) atoms. The molecule has 172 valence electrons. The number of hydrogen-bond acceptors (Lipinski definition) is 7. The van der Waals surface area contributed by atoms with E-state index in [9.17, 15) is 0 Å². The second kappa shape index (κ2) is 9.86. The fraction of sp³-hybridized carbons (Fsp3) is 0.167. The van der Waals surface area contributed by atoms with Crippen LogP contribution < -0.4 is 10.1 Å². The molecule has 0 radical (unpaired) electrons. The van der Waals surface area contributed by atoms with Crippen molar-refractivity contribution in [2.24, 2.45) is 0 Å². The van der Waals surface area contributed by atoms with E-state index in [4.69, 9.17) is 4.74 Å². The van der Waals surface area contributed by atoms with Crippen LogP contribution in [0.3, 0.4) is 0 Å². The van der Waals surface area contributed by atoms with Crippen LogP contribution in [-0.4, -0.2) is 36.5 Å². The molecule has 0 fully saturated rings. The monoisotopic (exact) mass is 535 g/mol. The molecule has 0 aliphatic heterocycles. The number of methoxy groups -OCH3 is 1. The quantitative estimate of drug-likeness (QED) is 0.263. The molecule has 5 aromatic rings. The fourth-order valence-corrected chi connectivity index (χ4v) is 4.45. The molecule has 0 atom stereocenters. The number of hydrogen-bond donors (Lipinski definition) is 1. The molecule has 0 saturated carbocycles. The first-order chi connectivity index (χ1) is 16.6. The molecule has 0 bridgehead atoms. The van der Waals surface area contributed by atoms with Gasteiger partial charge >= 0.3 is 0 Å². The minimum absolute atomic E-state index is 0.554. The van der Waals surface area contributed by atoms with Crippen molar-refractivity contribution in [2.45, 2.75) is 24.4 Å². The second-order valence-electron chi connectivity index (χ2n) is 7.68. The molecular formula is C24H22BrN7OS. The summed E-state index contributed by atoms with van der Waals surface area (Å²) in [5.41, 5.74) is 3.20. The first kappa shape index (κ1) is 22.4. The van der Waals surface area contributed by atoms with Gasteiger partial charge in [-0.1, -0.05) is 52.0 Å². The van der Waals surface area contributed by atoms with Gasteiger partial charge in [0.05, 0.1) is 13.7 Å². The van der Waals surface area contributed by atoms with Crippen LogP contribution >= 0.6 is 27.7 Å². The predicted molar refractivity (Wildman–Crippen MR) is 137 cm³/mol. The first-order valence-corrected chi connectivity index (χ1v) is 12.4. The van der Waals surface area contributed by atoms with Gasteiger partial charge in [0.25, 0.3) is 5.78 Å².